The second kappa shape index (κ2) is 18.6. The van der Waals surface area contributed by atoms with Gasteiger partial charge < -0.3 is 20.4 Å². The molecule has 0 saturated heterocycles. The highest BCUT2D eigenvalue weighted by molar-refractivity contribution is 6.01. The van der Waals surface area contributed by atoms with Gasteiger partial charge >= 0.3 is 0 Å². The highest BCUT2D eigenvalue weighted by atomic mass is 16.3. The van der Waals surface area contributed by atoms with Crippen LogP contribution in [0.25, 0.3) is 0 Å². The Morgan fingerprint density at radius 3 is 2.06 bits per heavy atom. The molecule has 7 nitrogen and oxygen atoms in total. The summed E-state index contributed by atoms with van der Waals surface area (Å²) in [6, 6.07) is 23.8. The third-order valence-corrected chi connectivity index (χ3v) is 8.99. The van der Waals surface area contributed by atoms with Crippen LogP contribution in [0.4, 0.5) is 0 Å². The van der Waals surface area contributed by atoms with Crippen molar-refractivity contribution in [3.05, 3.63) is 107 Å². The van der Waals surface area contributed by atoms with E-state index in [9.17, 15) is 24.6 Å². The van der Waals surface area contributed by atoms with E-state index >= 15 is 0 Å². The van der Waals surface area contributed by atoms with E-state index in [0.29, 0.717) is 36.3 Å². The predicted octanol–water partition coefficient (Wildman–Crippen LogP) is 6.75. The number of carbonyl (C=O) groups is 3. The molecule has 0 saturated carbocycles. The lowest BCUT2D eigenvalue weighted by molar-refractivity contribution is -0.124. The number of hydrogen-bond acceptors (Lipinski definition) is 6. The van der Waals surface area contributed by atoms with E-state index in [4.69, 9.17) is 0 Å². The molecule has 0 aliphatic heterocycles. The fourth-order valence-corrected chi connectivity index (χ4v) is 5.95. The van der Waals surface area contributed by atoms with Gasteiger partial charge in [-0.05, 0) is 79.8 Å². The van der Waals surface area contributed by atoms with Crippen molar-refractivity contribution in [2.75, 3.05) is 13.6 Å². The third kappa shape index (κ3) is 11.5. The number of aryl methyl sites for hydroxylation is 1. The van der Waals surface area contributed by atoms with Crippen LogP contribution in [-0.4, -0.2) is 64.4 Å². The Morgan fingerprint density at radius 2 is 1.45 bits per heavy atom. The molecule has 0 bridgehead atoms. The van der Waals surface area contributed by atoms with Gasteiger partial charge in [0.15, 0.2) is 11.6 Å². The largest absolute Gasteiger partial charge is 0.391 e. The second-order valence-corrected chi connectivity index (χ2v) is 13.4. The molecular weight excluding hydrogens is 588 g/mol. The van der Waals surface area contributed by atoms with E-state index in [1.54, 1.807) is 30.1 Å². The van der Waals surface area contributed by atoms with Crippen LogP contribution in [-0.2, 0) is 11.2 Å². The van der Waals surface area contributed by atoms with Gasteiger partial charge in [0, 0.05) is 37.6 Å². The van der Waals surface area contributed by atoms with E-state index in [-0.39, 0.29) is 36.5 Å². The number of ketones is 2. The highest BCUT2D eigenvalue weighted by Gasteiger charge is 2.30. The van der Waals surface area contributed by atoms with Gasteiger partial charge in [-0.3, -0.25) is 14.4 Å². The predicted molar refractivity (Wildman–Crippen MR) is 189 cm³/mol. The number of carbonyl (C=O) groups excluding carboxylic acids is 3. The molecular formula is C40H54N2O5. The van der Waals surface area contributed by atoms with Crippen molar-refractivity contribution in [2.24, 2.45) is 11.8 Å². The Bertz CT molecular complexity index is 1430. The van der Waals surface area contributed by atoms with Gasteiger partial charge in [-0.1, -0.05) is 87.9 Å². The molecule has 254 valence electrons. The van der Waals surface area contributed by atoms with Crippen LogP contribution in [0.15, 0.2) is 78.9 Å². The molecule has 0 aliphatic rings. The Morgan fingerprint density at radius 1 is 0.830 bits per heavy atom. The SMILES string of the molecule is CCC[C@H](O)[C@H](NC[C@@H](O)[C@@H](CC(=O)c1cc(C)cc(C(=O)N(C)[C@H](C)c2ccccc2)c1)Cc1ccccc1)C(=O)CCC(C)C. The number of hydrogen-bond donors (Lipinski definition) is 3. The summed E-state index contributed by atoms with van der Waals surface area (Å²) in [5.41, 5.74) is 3.66. The van der Waals surface area contributed by atoms with E-state index in [0.717, 1.165) is 29.5 Å². The smallest absolute Gasteiger partial charge is 0.254 e. The quantitative estimate of drug-likeness (QED) is 0.125. The Labute approximate surface area is 281 Å². The fourth-order valence-electron chi connectivity index (χ4n) is 5.95. The molecule has 0 radical (unpaired) electrons. The normalized spacial score (nSPS) is 14.7. The summed E-state index contributed by atoms with van der Waals surface area (Å²) in [6.45, 7) is 9.98. The summed E-state index contributed by atoms with van der Waals surface area (Å²) >= 11 is 0. The summed E-state index contributed by atoms with van der Waals surface area (Å²) in [7, 11) is 1.77. The van der Waals surface area contributed by atoms with Crippen LogP contribution in [0, 0.1) is 18.8 Å². The van der Waals surface area contributed by atoms with Gasteiger partial charge in [0.1, 0.15) is 0 Å². The van der Waals surface area contributed by atoms with Crippen molar-refractivity contribution in [1.82, 2.24) is 10.2 Å². The lowest BCUT2D eigenvalue weighted by Crippen LogP contribution is -2.49. The summed E-state index contributed by atoms with van der Waals surface area (Å²) < 4.78 is 0. The number of nitrogens with one attached hydrogen (secondary N) is 1. The van der Waals surface area contributed by atoms with Crippen molar-refractivity contribution in [1.29, 1.82) is 0 Å². The van der Waals surface area contributed by atoms with Crippen LogP contribution in [0.5, 0.6) is 0 Å². The molecule has 7 heteroatoms. The molecule has 0 heterocycles. The minimum atomic E-state index is -0.961. The standard InChI is InChI=1S/C40H54N2O5/c1-7-14-35(43)39(36(44)20-19-27(2)3)41-26-38(46)33(23-30-15-10-8-11-16-30)25-37(45)32-21-28(4)22-34(24-32)40(47)42(6)29(5)31-17-12-9-13-18-31/h8-13,15-18,21-22,24,27,29,33,35,38-39,41,43,46H,7,14,19-20,23,25-26H2,1-6H3/t29-,33-,35+,38-,39+/m1/s1. The Hall–Kier alpha value is -3.65. The van der Waals surface area contributed by atoms with Crippen molar-refractivity contribution < 1.29 is 24.6 Å². The number of rotatable bonds is 19. The monoisotopic (exact) mass is 642 g/mol. The number of aliphatic hydroxyl groups is 2. The molecule has 5 atom stereocenters. The van der Waals surface area contributed by atoms with Crippen molar-refractivity contribution in [3.63, 3.8) is 0 Å². The van der Waals surface area contributed by atoms with Crippen molar-refractivity contribution in [3.8, 4) is 0 Å². The first-order valence-corrected chi connectivity index (χ1v) is 17.0. The van der Waals surface area contributed by atoms with E-state index < -0.39 is 24.2 Å². The lowest BCUT2D eigenvalue weighted by atomic mass is 9.86. The summed E-state index contributed by atoms with van der Waals surface area (Å²) in [4.78, 5) is 42.2. The maximum atomic E-state index is 13.8. The number of amides is 1. The lowest BCUT2D eigenvalue weighted by Gasteiger charge is -2.28. The molecule has 0 spiro atoms. The van der Waals surface area contributed by atoms with Gasteiger partial charge in [0.05, 0.1) is 24.3 Å². The first-order valence-electron chi connectivity index (χ1n) is 17.0. The fraction of sp³-hybridized carbons (Fsp3) is 0.475. The number of nitrogens with zero attached hydrogens (tertiary/aromatic N) is 1. The maximum Gasteiger partial charge on any atom is 0.254 e. The zero-order valence-corrected chi connectivity index (χ0v) is 29.0. The van der Waals surface area contributed by atoms with E-state index in [1.807, 2.05) is 81.4 Å². The van der Waals surface area contributed by atoms with Crippen LogP contribution >= 0.6 is 0 Å². The molecule has 1 amide bonds. The van der Waals surface area contributed by atoms with Gasteiger partial charge in [-0.2, -0.15) is 0 Å². The molecule has 0 unspecified atom stereocenters. The molecule has 0 fully saturated rings. The van der Waals surface area contributed by atoms with Crippen LogP contribution < -0.4 is 5.32 Å². The minimum absolute atomic E-state index is 0.0502. The summed E-state index contributed by atoms with van der Waals surface area (Å²) in [6.07, 6.45) is 0.969. The van der Waals surface area contributed by atoms with Gasteiger partial charge in [-0.25, -0.2) is 0 Å². The second-order valence-electron chi connectivity index (χ2n) is 13.4. The number of Topliss-reactive ketones (excluding diaryl/α,β-unsaturated/α-hetero) is 2. The van der Waals surface area contributed by atoms with Crippen LogP contribution in [0.2, 0.25) is 0 Å². The van der Waals surface area contributed by atoms with Crippen molar-refractivity contribution >= 4 is 17.5 Å². The Kier molecular flexibility index (Phi) is 15.0. The minimum Gasteiger partial charge on any atom is -0.391 e. The maximum absolute atomic E-state index is 13.8. The van der Waals surface area contributed by atoms with Crippen LogP contribution in [0.1, 0.15) is 103 Å². The molecule has 47 heavy (non-hydrogen) atoms. The topological polar surface area (TPSA) is 107 Å². The first kappa shape index (κ1) is 37.8. The molecule has 3 aromatic rings. The summed E-state index contributed by atoms with van der Waals surface area (Å²) in [5.74, 6) is -0.515. The van der Waals surface area contributed by atoms with Gasteiger partial charge in [0.25, 0.3) is 5.91 Å². The van der Waals surface area contributed by atoms with E-state index in [1.165, 1.54) is 0 Å². The average Bonchev–Trinajstić information content (AvgIpc) is 3.06. The average molecular weight is 643 g/mol. The molecule has 3 aromatic carbocycles. The number of aliphatic hydroxyl groups excluding tert-OH is 2. The van der Waals surface area contributed by atoms with Crippen molar-refractivity contribution in [2.45, 2.75) is 97.4 Å². The molecule has 0 aliphatic carbocycles. The zero-order valence-electron chi connectivity index (χ0n) is 29.0. The molecule has 3 N–H and O–H groups in total. The highest BCUT2D eigenvalue weighted by Crippen LogP contribution is 2.24. The third-order valence-electron chi connectivity index (χ3n) is 8.99. The zero-order chi connectivity index (χ0) is 34.5. The Balaban J connectivity index is 1.81. The van der Waals surface area contributed by atoms with Gasteiger partial charge in [-0.15, -0.1) is 0 Å². The van der Waals surface area contributed by atoms with Crippen LogP contribution in [0.3, 0.4) is 0 Å². The first-order chi connectivity index (χ1) is 22.4. The number of benzene rings is 3. The summed E-state index contributed by atoms with van der Waals surface area (Å²) in [5, 5.41) is 25.5. The molecule has 0 aromatic heterocycles. The van der Waals surface area contributed by atoms with E-state index in [2.05, 4.69) is 19.2 Å². The molecule has 3 rings (SSSR count). The van der Waals surface area contributed by atoms with Gasteiger partial charge in [0.2, 0.25) is 0 Å².